The van der Waals surface area contributed by atoms with E-state index in [4.69, 9.17) is 18.9 Å². The van der Waals surface area contributed by atoms with Crippen molar-refractivity contribution in [3.8, 4) is 5.75 Å². The number of ether oxygens (including phenoxy) is 4. The quantitative estimate of drug-likeness (QED) is 0.378. The maximum Gasteiger partial charge on any atom is 0.190 e. The van der Waals surface area contributed by atoms with Crippen LogP contribution in [0.5, 0.6) is 5.75 Å². The predicted molar refractivity (Wildman–Crippen MR) is 104 cm³/mol. The first kappa shape index (κ1) is 20.8. The van der Waals surface area contributed by atoms with E-state index in [1.165, 1.54) is 12.1 Å². The molecule has 0 amide bonds. The van der Waals surface area contributed by atoms with Crippen LogP contribution in [0.1, 0.15) is 30.4 Å². The summed E-state index contributed by atoms with van der Waals surface area (Å²) >= 11 is 0. The summed E-state index contributed by atoms with van der Waals surface area (Å²) in [4.78, 5) is 4.21. The number of nitrogens with zero attached hydrogens (tertiary/aromatic N) is 1. The lowest BCUT2D eigenvalue weighted by molar-refractivity contribution is -0.0172. The molecule has 0 saturated carbocycles. The van der Waals surface area contributed by atoms with E-state index in [0.717, 1.165) is 49.3 Å². The lowest BCUT2D eigenvalue weighted by Crippen LogP contribution is -2.39. The average molecular weight is 395 g/mol. The molecule has 0 radical (unpaired) electrons. The van der Waals surface area contributed by atoms with Crippen LogP contribution < -0.4 is 15.4 Å². The zero-order chi connectivity index (χ0) is 19.6. The highest BCUT2D eigenvalue weighted by Gasteiger charge is 2.17. The van der Waals surface area contributed by atoms with Crippen molar-refractivity contribution in [2.45, 2.75) is 38.4 Å². The van der Waals surface area contributed by atoms with E-state index in [9.17, 15) is 4.39 Å². The Labute approximate surface area is 165 Å². The van der Waals surface area contributed by atoms with Gasteiger partial charge >= 0.3 is 0 Å². The van der Waals surface area contributed by atoms with E-state index in [0.29, 0.717) is 38.7 Å². The van der Waals surface area contributed by atoms with Crippen LogP contribution in [-0.4, -0.2) is 58.8 Å². The Balaban J connectivity index is 1.33. The molecule has 0 bridgehead atoms. The fourth-order valence-corrected chi connectivity index (χ4v) is 3.35. The zero-order valence-corrected chi connectivity index (χ0v) is 16.5. The highest BCUT2D eigenvalue weighted by Crippen LogP contribution is 2.29. The van der Waals surface area contributed by atoms with Crippen LogP contribution in [0.4, 0.5) is 4.39 Å². The number of hydrogen-bond donors (Lipinski definition) is 2. The van der Waals surface area contributed by atoms with E-state index in [2.05, 4.69) is 15.6 Å². The minimum atomic E-state index is -0.270. The summed E-state index contributed by atoms with van der Waals surface area (Å²) in [5, 5.41) is 6.51. The van der Waals surface area contributed by atoms with Crippen molar-refractivity contribution < 1.29 is 23.3 Å². The second-order valence-corrected chi connectivity index (χ2v) is 6.90. The molecule has 2 N–H and O–H groups in total. The van der Waals surface area contributed by atoms with Gasteiger partial charge in [-0.2, -0.15) is 0 Å². The van der Waals surface area contributed by atoms with Gasteiger partial charge in [-0.1, -0.05) is 0 Å². The highest BCUT2D eigenvalue weighted by atomic mass is 19.1. The van der Waals surface area contributed by atoms with Crippen molar-refractivity contribution in [3.63, 3.8) is 0 Å². The van der Waals surface area contributed by atoms with Crippen LogP contribution in [0.25, 0.3) is 0 Å². The van der Waals surface area contributed by atoms with Gasteiger partial charge < -0.3 is 29.6 Å². The molecule has 2 aliphatic rings. The molecule has 7 nitrogen and oxygen atoms in total. The Morgan fingerprint density at radius 1 is 1.32 bits per heavy atom. The monoisotopic (exact) mass is 395 g/mol. The molecule has 1 saturated heterocycles. The summed E-state index contributed by atoms with van der Waals surface area (Å²) < 4.78 is 35.7. The molecular weight excluding hydrogens is 365 g/mol. The number of fused-ring (bicyclic) bond motifs is 1. The lowest BCUT2D eigenvalue weighted by atomic mass is 10.1. The summed E-state index contributed by atoms with van der Waals surface area (Å²) in [6.07, 6.45) is 4.02. The minimum absolute atomic E-state index is 0.206. The van der Waals surface area contributed by atoms with E-state index in [-0.39, 0.29) is 18.7 Å². The third-order valence-electron chi connectivity index (χ3n) is 4.75. The molecule has 8 heteroatoms. The van der Waals surface area contributed by atoms with Gasteiger partial charge in [0.1, 0.15) is 11.6 Å². The van der Waals surface area contributed by atoms with Gasteiger partial charge in [-0.15, -0.1) is 0 Å². The van der Waals surface area contributed by atoms with E-state index < -0.39 is 0 Å². The normalized spacial score (nSPS) is 19.2. The number of nitrogens with one attached hydrogen (secondary N) is 2. The average Bonchev–Trinajstić information content (AvgIpc) is 3.22. The van der Waals surface area contributed by atoms with Crippen molar-refractivity contribution in [2.75, 3.05) is 46.8 Å². The predicted octanol–water partition coefficient (Wildman–Crippen LogP) is 1.99. The molecule has 1 aromatic carbocycles. The second-order valence-electron chi connectivity index (χ2n) is 6.90. The van der Waals surface area contributed by atoms with Crippen LogP contribution >= 0.6 is 0 Å². The van der Waals surface area contributed by atoms with Gasteiger partial charge in [0.25, 0.3) is 0 Å². The molecule has 2 heterocycles. The molecule has 3 rings (SSSR count). The van der Waals surface area contributed by atoms with E-state index in [1.54, 1.807) is 7.05 Å². The number of halogens is 1. The van der Waals surface area contributed by atoms with Crippen LogP contribution in [0.2, 0.25) is 0 Å². The molecule has 0 aromatic heterocycles. The minimum Gasteiger partial charge on any atom is -0.467 e. The molecule has 2 aliphatic heterocycles. The number of rotatable bonds is 9. The third-order valence-corrected chi connectivity index (χ3v) is 4.75. The van der Waals surface area contributed by atoms with Gasteiger partial charge in [-0.3, -0.25) is 4.99 Å². The van der Waals surface area contributed by atoms with E-state index >= 15 is 0 Å². The number of aliphatic imine (C=N–C) groups is 1. The van der Waals surface area contributed by atoms with Crippen LogP contribution in [0.15, 0.2) is 17.1 Å². The zero-order valence-electron chi connectivity index (χ0n) is 16.5. The summed E-state index contributed by atoms with van der Waals surface area (Å²) in [7, 11) is 1.73. The van der Waals surface area contributed by atoms with Crippen molar-refractivity contribution in [1.82, 2.24) is 10.6 Å². The number of benzene rings is 1. The molecule has 1 fully saturated rings. The number of guanidine groups is 1. The highest BCUT2D eigenvalue weighted by molar-refractivity contribution is 5.79. The molecule has 0 aliphatic carbocycles. The summed E-state index contributed by atoms with van der Waals surface area (Å²) in [6, 6.07) is 2.99. The van der Waals surface area contributed by atoms with Gasteiger partial charge in [0.05, 0.1) is 19.3 Å². The Bertz CT molecular complexity index is 651. The lowest BCUT2D eigenvalue weighted by Gasteiger charge is -2.21. The van der Waals surface area contributed by atoms with Gasteiger partial charge in [-0.25, -0.2) is 4.39 Å². The fourth-order valence-electron chi connectivity index (χ4n) is 3.35. The van der Waals surface area contributed by atoms with Crippen molar-refractivity contribution in [3.05, 3.63) is 29.1 Å². The molecular formula is C20H30FN3O4. The standard InChI is InChI=1S/C20H30FN3O4/c1-22-20(23-6-3-8-25-13-18-4-2-9-27-18)24-7-5-15-10-17(21)11-16-12-26-14-28-19(15)16/h10-11,18H,2-9,12-14H2,1H3,(H2,22,23,24). The molecule has 1 aromatic rings. The summed E-state index contributed by atoms with van der Waals surface area (Å²) in [5.41, 5.74) is 1.59. The molecule has 1 unspecified atom stereocenters. The van der Waals surface area contributed by atoms with Crippen molar-refractivity contribution in [2.24, 2.45) is 4.99 Å². The van der Waals surface area contributed by atoms with Gasteiger partial charge in [0.2, 0.25) is 0 Å². The van der Waals surface area contributed by atoms with Gasteiger partial charge in [0.15, 0.2) is 12.8 Å². The van der Waals surface area contributed by atoms with E-state index in [1.807, 2.05) is 0 Å². The number of hydrogen-bond acceptors (Lipinski definition) is 5. The second kappa shape index (κ2) is 11.2. The smallest absolute Gasteiger partial charge is 0.190 e. The molecule has 28 heavy (non-hydrogen) atoms. The first-order valence-electron chi connectivity index (χ1n) is 9.92. The van der Waals surface area contributed by atoms with Crippen LogP contribution in [0, 0.1) is 5.82 Å². The Morgan fingerprint density at radius 2 is 2.21 bits per heavy atom. The topological polar surface area (TPSA) is 73.3 Å². The first-order chi connectivity index (χ1) is 13.8. The molecule has 0 spiro atoms. The third kappa shape index (κ3) is 6.32. The summed E-state index contributed by atoms with van der Waals surface area (Å²) in [6.45, 7) is 4.20. The fraction of sp³-hybridized carbons (Fsp3) is 0.650. The molecule has 156 valence electrons. The molecule has 1 atom stereocenters. The Morgan fingerprint density at radius 3 is 3.04 bits per heavy atom. The van der Waals surface area contributed by atoms with Crippen molar-refractivity contribution in [1.29, 1.82) is 0 Å². The SMILES string of the molecule is CN=C(NCCCOCC1CCCO1)NCCc1cc(F)cc2c1OCOC2. The maximum atomic E-state index is 13.8. The maximum absolute atomic E-state index is 13.8. The summed E-state index contributed by atoms with van der Waals surface area (Å²) in [5.74, 6) is 1.18. The van der Waals surface area contributed by atoms with Crippen LogP contribution in [-0.2, 0) is 27.2 Å². The van der Waals surface area contributed by atoms with Gasteiger partial charge in [0, 0.05) is 38.9 Å². The first-order valence-corrected chi connectivity index (χ1v) is 9.92. The Hall–Kier alpha value is -1.90. The Kier molecular flexibility index (Phi) is 8.32. The van der Waals surface area contributed by atoms with Crippen molar-refractivity contribution >= 4 is 5.96 Å². The van der Waals surface area contributed by atoms with Crippen LogP contribution in [0.3, 0.4) is 0 Å². The van der Waals surface area contributed by atoms with Gasteiger partial charge in [-0.05, 0) is 43.4 Å². The largest absolute Gasteiger partial charge is 0.467 e.